The molecule has 0 aromatic carbocycles. The van der Waals surface area contributed by atoms with Crippen LogP contribution in [0.4, 0.5) is 0 Å². The van der Waals surface area contributed by atoms with Crippen molar-refractivity contribution >= 4 is 17.5 Å². The van der Waals surface area contributed by atoms with Crippen LogP contribution in [0.1, 0.15) is 22.4 Å². The molecular formula is C14H15ClN2O3. The van der Waals surface area contributed by atoms with Gasteiger partial charge in [0.25, 0.3) is 5.91 Å². The van der Waals surface area contributed by atoms with Crippen molar-refractivity contribution in [2.75, 3.05) is 19.7 Å². The molecule has 2 aromatic heterocycles. The highest BCUT2D eigenvalue weighted by atomic mass is 35.5. The van der Waals surface area contributed by atoms with E-state index in [0.29, 0.717) is 30.4 Å². The Labute approximate surface area is 121 Å². The first-order chi connectivity index (χ1) is 9.65. The highest BCUT2D eigenvalue weighted by Crippen LogP contribution is 2.24. The molecule has 106 valence electrons. The smallest absolute Gasteiger partial charge is 0.270 e. The summed E-state index contributed by atoms with van der Waals surface area (Å²) in [6, 6.07) is 5.36. The zero-order valence-electron chi connectivity index (χ0n) is 11.1. The zero-order valence-corrected chi connectivity index (χ0v) is 11.8. The molecule has 1 aliphatic heterocycles. The first kappa shape index (κ1) is 13.3. The van der Waals surface area contributed by atoms with Crippen molar-refractivity contribution in [3.05, 3.63) is 47.1 Å². The minimum Gasteiger partial charge on any atom is -0.467 e. The van der Waals surface area contributed by atoms with E-state index in [9.17, 15) is 4.79 Å². The van der Waals surface area contributed by atoms with Crippen LogP contribution in [0, 0.1) is 0 Å². The van der Waals surface area contributed by atoms with E-state index in [1.807, 2.05) is 19.2 Å². The largest absolute Gasteiger partial charge is 0.467 e. The van der Waals surface area contributed by atoms with Crippen molar-refractivity contribution in [1.29, 1.82) is 0 Å². The Balaban J connectivity index is 1.77. The number of furan rings is 1. The number of ether oxygens (including phenoxy) is 1. The Morgan fingerprint density at radius 3 is 3.00 bits per heavy atom. The third kappa shape index (κ3) is 2.46. The predicted molar refractivity (Wildman–Crippen MR) is 73.7 cm³/mol. The van der Waals surface area contributed by atoms with Gasteiger partial charge in [0, 0.05) is 19.8 Å². The van der Waals surface area contributed by atoms with E-state index in [1.54, 1.807) is 28.0 Å². The number of carbonyl (C=O) groups is 1. The number of nitrogens with zero attached hydrogens (tertiary/aromatic N) is 2. The molecule has 0 spiro atoms. The van der Waals surface area contributed by atoms with E-state index < -0.39 is 0 Å². The molecule has 0 radical (unpaired) electrons. The van der Waals surface area contributed by atoms with E-state index >= 15 is 0 Å². The third-order valence-electron chi connectivity index (χ3n) is 3.40. The van der Waals surface area contributed by atoms with E-state index in [1.165, 1.54) is 0 Å². The molecular weight excluding hydrogens is 280 g/mol. The molecule has 2 aromatic rings. The van der Waals surface area contributed by atoms with Crippen molar-refractivity contribution in [1.82, 2.24) is 9.47 Å². The van der Waals surface area contributed by atoms with E-state index in [2.05, 4.69) is 0 Å². The Morgan fingerprint density at radius 2 is 2.35 bits per heavy atom. The number of rotatable bonds is 2. The molecule has 0 unspecified atom stereocenters. The van der Waals surface area contributed by atoms with E-state index in [-0.39, 0.29) is 12.0 Å². The summed E-state index contributed by atoms with van der Waals surface area (Å²) in [6.07, 6.45) is 3.12. The van der Waals surface area contributed by atoms with Crippen LogP contribution in [0.3, 0.4) is 0 Å². The number of carbonyl (C=O) groups excluding carboxylic acids is 1. The summed E-state index contributed by atoms with van der Waals surface area (Å²) in [5.41, 5.74) is 0.579. The molecule has 20 heavy (non-hydrogen) atoms. The average Bonchev–Trinajstić information content (AvgIpc) is 3.08. The maximum absolute atomic E-state index is 12.5. The molecule has 3 rings (SSSR count). The van der Waals surface area contributed by atoms with E-state index in [0.717, 1.165) is 5.76 Å². The molecule has 1 atom stereocenters. The van der Waals surface area contributed by atoms with Crippen molar-refractivity contribution in [2.24, 2.45) is 7.05 Å². The van der Waals surface area contributed by atoms with Gasteiger partial charge in [-0.05, 0) is 18.2 Å². The summed E-state index contributed by atoms with van der Waals surface area (Å²) >= 11 is 5.93. The first-order valence-electron chi connectivity index (χ1n) is 6.41. The maximum atomic E-state index is 12.5. The Bertz CT molecular complexity index is 606. The molecule has 1 saturated heterocycles. The van der Waals surface area contributed by atoms with Crippen molar-refractivity contribution in [3.63, 3.8) is 0 Å². The normalized spacial score (nSPS) is 19.3. The molecule has 1 amide bonds. The quantitative estimate of drug-likeness (QED) is 0.855. The van der Waals surface area contributed by atoms with E-state index in [4.69, 9.17) is 20.8 Å². The first-order valence-corrected chi connectivity index (χ1v) is 6.79. The van der Waals surface area contributed by atoms with Gasteiger partial charge in [0.15, 0.2) is 0 Å². The predicted octanol–water partition coefficient (Wildman–Crippen LogP) is 2.49. The Hall–Kier alpha value is -1.72. The summed E-state index contributed by atoms with van der Waals surface area (Å²) in [6.45, 7) is 1.54. The van der Waals surface area contributed by atoms with Crippen LogP contribution < -0.4 is 0 Å². The van der Waals surface area contributed by atoms with Crippen LogP contribution in [0.2, 0.25) is 5.02 Å². The second-order valence-electron chi connectivity index (χ2n) is 4.78. The summed E-state index contributed by atoms with van der Waals surface area (Å²) in [5, 5.41) is 0.562. The van der Waals surface area contributed by atoms with Gasteiger partial charge in [-0.2, -0.15) is 0 Å². The van der Waals surface area contributed by atoms with Gasteiger partial charge in [-0.15, -0.1) is 0 Å². The number of amides is 1. The molecule has 1 aliphatic rings. The minimum absolute atomic E-state index is 0.0424. The Morgan fingerprint density at radius 1 is 1.50 bits per heavy atom. The fraction of sp³-hybridized carbons (Fsp3) is 0.357. The van der Waals surface area contributed by atoms with Gasteiger partial charge in [-0.3, -0.25) is 4.79 Å². The summed E-state index contributed by atoms with van der Waals surface area (Å²) < 4.78 is 12.7. The van der Waals surface area contributed by atoms with Crippen LogP contribution in [0.15, 0.2) is 35.1 Å². The minimum atomic E-state index is -0.210. The second kappa shape index (κ2) is 5.34. The lowest BCUT2D eigenvalue weighted by atomic mass is 10.2. The average molecular weight is 295 g/mol. The number of morpholine rings is 1. The lowest BCUT2D eigenvalue weighted by molar-refractivity contribution is -0.0324. The number of halogens is 1. The van der Waals surface area contributed by atoms with Crippen LogP contribution in [-0.4, -0.2) is 35.1 Å². The molecule has 0 aliphatic carbocycles. The van der Waals surface area contributed by atoms with Crippen molar-refractivity contribution in [2.45, 2.75) is 6.10 Å². The SMILES string of the molecule is Cn1cc(Cl)cc1C(=O)N1CCO[C@H](c2ccco2)C1. The fourth-order valence-electron chi connectivity index (χ4n) is 2.38. The standard InChI is InChI=1S/C14H15ClN2O3/c1-16-8-10(15)7-11(16)14(18)17-4-6-20-13(9-17)12-3-2-5-19-12/h2-3,5,7-8,13H,4,6,9H2,1H3/t13-/m0/s1. The van der Waals surface area contributed by atoms with Gasteiger partial charge >= 0.3 is 0 Å². The second-order valence-corrected chi connectivity index (χ2v) is 5.22. The van der Waals surface area contributed by atoms with Crippen molar-refractivity contribution < 1.29 is 13.9 Å². The monoisotopic (exact) mass is 294 g/mol. The molecule has 0 N–H and O–H groups in total. The molecule has 0 bridgehead atoms. The molecule has 6 heteroatoms. The zero-order chi connectivity index (χ0) is 14.1. The van der Waals surface area contributed by atoms with Crippen molar-refractivity contribution in [3.8, 4) is 0 Å². The van der Waals surface area contributed by atoms with Gasteiger partial charge < -0.3 is 18.6 Å². The maximum Gasteiger partial charge on any atom is 0.270 e. The van der Waals surface area contributed by atoms with Gasteiger partial charge in [0.1, 0.15) is 17.6 Å². The highest BCUT2D eigenvalue weighted by Gasteiger charge is 2.28. The summed E-state index contributed by atoms with van der Waals surface area (Å²) in [7, 11) is 1.81. The van der Waals surface area contributed by atoms with Crippen LogP contribution in [-0.2, 0) is 11.8 Å². The van der Waals surface area contributed by atoms with Gasteiger partial charge in [-0.25, -0.2) is 0 Å². The van der Waals surface area contributed by atoms with Crippen LogP contribution in [0.5, 0.6) is 0 Å². The van der Waals surface area contributed by atoms with Gasteiger partial charge in [-0.1, -0.05) is 11.6 Å². The van der Waals surface area contributed by atoms with Crippen LogP contribution in [0.25, 0.3) is 0 Å². The molecule has 1 fully saturated rings. The topological polar surface area (TPSA) is 47.6 Å². The Kier molecular flexibility index (Phi) is 3.54. The summed E-state index contributed by atoms with van der Waals surface area (Å²) in [5.74, 6) is 0.701. The number of aromatic nitrogens is 1. The molecule has 3 heterocycles. The highest BCUT2D eigenvalue weighted by molar-refractivity contribution is 6.31. The number of hydrogen-bond acceptors (Lipinski definition) is 3. The lowest BCUT2D eigenvalue weighted by Crippen LogP contribution is -2.42. The number of hydrogen-bond donors (Lipinski definition) is 0. The fourth-order valence-corrected chi connectivity index (χ4v) is 2.63. The summed E-state index contributed by atoms with van der Waals surface area (Å²) in [4.78, 5) is 14.3. The molecule has 0 saturated carbocycles. The lowest BCUT2D eigenvalue weighted by Gasteiger charge is -2.32. The van der Waals surface area contributed by atoms with Gasteiger partial charge in [0.05, 0.1) is 24.4 Å². The van der Waals surface area contributed by atoms with Gasteiger partial charge in [0.2, 0.25) is 0 Å². The van der Waals surface area contributed by atoms with Crippen LogP contribution >= 0.6 is 11.6 Å². The molecule has 5 nitrogen and oxygen atoms in total. The number of aryl methyl sites for hydroxylation is 1. The third-order valence-corrected chi connectivity index (χ3v) is 3.61.